The van der Waals surface area contributed by atoms with E-state index in [-0.39, 0.29) is 12.2 Å². The Morgan fingerprint density at radius 1 is 1.67 bits per heavy atom. The molecule has 1 N–H and O–H groups in total. The molecule has 0 rings (SSSR count). The molecule has 0 aromatic heterocycles. The SMILES string of the molecule is C=CC(C)(O)CC(=O)CC(C)C. The van der Waals surface area contributed by atoms with Crippen molar-refractivity contribution < 1.29 is 9.90 Å². The summed E-state index contributed by atoms with van der Waals surface area (Å²) in [5, 5.41) is 9.47. The third-order valence-corrected chi connectivity index (χ3v) is 1.63. The predicted octanol–water partition coefficient (Wildman–Crippen LogP) is 1.93. The van der Waals surface area contributed by atoms with Crippen LogP contribution in [0.3, 0.4) is 0 Å². The van der Waals surface area contributed by atoms with Gasteiger partial charge in [-0.2, -0.15) is 0 Å². The van der Waals surface area contributed by atoms with Gasteiger partial charge >= 0.3 is 0 Å². The molecule has 2 nitrogen and oxygen atoms in total. The van der Waals surface area contributed by atoms with E-state index in [1.807, 2.05) is 13.8 Å². The second-order valence-electron chi connectivity index (χ2n) is 3.87. The van der Waals surface area contributed by atoms with Gasteiger partial charge in [0.25, 0.3) is 0 Å². The van der Waals surface area contributed by atoms with Gasteiger partial charge in [-0.1, -0.05) is 19.9 Å². The van der Waals surface area contributed by atoms with Crippen LogP contribution in [0.4, 0.5) is 0 Å². The summed E-state index contributed by atoms with van der Waals surface area (Å²) in [5.41, 5.74) is -1.04. The molecular weight excluding hydrogens is 152 g/mol. The van der Waals surface area contributed by atoms with Crippen molar-refractivity contribution in [3.05, 3.63) is 12.7 Å². The highest BCUT2D eigenvalue weighted by atomic mass is 16.3. The number of carbonyl (C=O) groups excluding carboxylic acids is 1. The van der Waals surface area contributed by atoms with Crippen LogP contribution in [0.5, 0.6) is 0 Å². The van der Waals surface area contributed by atoms with Crippen LogP contribution in [-0.4, -0.2) is 16.5 Å². The highest BCUT2D eigenvalue weighted by molar-refractivity contribution is 5.79. The number of rotatable bonds is 5. The standard InChI is InChI=1S/C10H18O2/c1-5-10(4,12)7-9(11)6-8(2)3/h5,8,12H,1,6-7H2,2-4H3. The van der Waals surface area contributed by atoms with E-state index < -0.39 is 5.60 Å². The highest BCUT2D eigenvalue weighted by Gasteiger charge is 2.20. The molecule has 0 aromatic rings. The predicted molar refractivity (Wildman–Crippen MR) is 49.9 cm³/mol. The summed E-state index contributed by atoms with van der Waals surface area (Å²) >= 11 is 0. The molecule has 0 aromatic carbocycles. The summed E-state index contributed by atoms with van der Waals surface area (Å²) in [5.74, 6) is 0.452. The zero-order valence-electron chi connectivity index (χ0n) is 8.13. The average molecular weight is 170 g/mol. The first-order valence-electron chi connectivity index (χ1n) is 4.25. The fourth-order valence-corrected chi connectivity index (χ4v) is 0.999. The lowest BCUT2D eigenvalue weighted by atomic mass is 9.95. The van der Waals surface area contributed by atoms with E-state index in [1.54, 1.807) is 6.92 Å². The minimum absolute atomic E-state index is 0.0925. The lowest BCUT2D eigenvalue weighted by Gasteiger charge is -2.17. The summed E-state index contributed by atoms with van der Waals surface area (Å²) in [4.78, 5) is 11.2. The Bertz CT molecular complexity index is 169. The van der Waals surface area contributed by atoms with Crippen LogP contribution in [0.2, 0.25) is 0 Å². The number of hydrogen-bond donors (Lipinski definition) is 1. The van der Waals surface area contributed by atoms with Crippen molar-refractivity contribution in [1.29, 1.82) is 0 Å². The summed E-state index contributed by atoms with van der Waals surface area (Å²) in [7, 11) is 0. The Morgan fingerprint density at radius 2 is 2.17 bits per heavy atom. The maximum atomic E-state index is 11.2. The molecule has 0 spiro atoms. The Balaban J connectivity index is 3.92. The molecule has 1 unspecified atom stereocenters. The number of hydrogen-bond acceptors (Lipinski definition) is 2. The summed E-state index contributed by atoms with van der Waals surface area (Å²) < 4.78 is 0. The number of ketones is 1. The topological polar surface area (TPSA) is 37.3 Å². The lowest BCUT2D eigenvalue weighted by Crippen LogP contribution is -2.25. The number of carbonyl (C=O) groups is 1. The number of Topliss-reactive ketones (excluding diaryl/α,β-unsaturated/α-hetero) is 1. The minimum Gasteiger partial charge on any atom is -0.386 e. The van der Waals surface area contributed by atoms with Gasteiger partial charge in [0.2, 0.25) is 0 Å². The van der Waals surface area contributed by atoms with E-state index >= 15 is 0 Å². The van der Waals surface area contributed by atoms with E-state index in [2.05, 4.69) is 6.58 Å². The van der Waals surface area contributed by atoms with E-state index in [1.165, 1.54) is 6.08 Å². The van der Waals surface area contributed by atoms with Crippen LogP contribution in [0.1, 0.15) is 33.6 Å². The van der Waals surface area contributed by atoms with Gasteiger partial charge in [-0.05, 0) is 12.8 Å². The van der Waals surface area contributed by atoms with Crippen molar-refractivity contribution in [2.45, 2.75) is 39.2 Å². The third kappa shape index (κ3) is 5.08. The van der Waals surface area contributed by atoms with Crippen LogP contribution >= 0.6 is 0 Å². The first-order chi connectivity index (χ1) is 5.37. The summed E-state index contributed by atoms with van der Waals surface area (Å²) in [6.45, 7) is 9.03. The van der Waals surface area contributed by atoms with Crippen molar-refractivity contribution >= 4 is 5.78 Å². The van der Waals surface area contributed by atoms with Gasteiger partial charge in [-0.15, -0.1) is 6.58 Å². The molecule has 12 heavy (non-hydrogen) atoms. The van der Waals surface area contributed by atoms with Gasteiger partial charge in [0.15, 0.2) is 0 Å². The lowest BCUT2D eigenvalue weighted by molar-refractivity contribution is -0.122. The molecule has 70 valence electrons. The maximum Gasteiger partial charge on any atom is 0.136 e. The number of aliphatic hydroxyl groups is 1. The second-order valence-corrected chi connectivity index (χ2v) is 3.87. The van der Waals surface area contributed by atoms with E-state index in [0.717, 1.165) is 0 Å². The van der Waals surface area contributed by atoms with Crippen LogP contribution in [0.15, 0.2) is 12.7 Å². The molecule has 0 saturated carbocycles. The maximum absolute atomic E-state index is 11.2. The molecular formula is C10H18O2. The van der Waals surface area contributed by atoms with Gasteiger partial charge in [0, 0.05) is 12.8 Å². The van der Waals surface area contributed by atoms with Gasteiger partial charge in [0.1, 0.15) is 5.78 Å². The van der Waals surface area contributed by atoms with Crippen LogP contribution in [0, 0.1) is 5.92 Å². The van der Waals surface area contributed by atoms with Crippen LogP contribution < -0.4 is 0 Å². The normalized spacial score (nSPS) is 15.8. The Labute approximate surface area is 74.3 Å². The summed E-state index contributed by atoms with van der Waals surface area (Å²) in [6, 6.07) is 0. The zero-order chi connectivity index (χ0) is 9.78. The Kier molecular flexibility index (Phi) is 4.18. The molecule has 1 atom stereocenters. The van der Waals surface area contributed by atoms with Crippen molar-refractivity contribution in [1.82, 2.24) is 0 Å². The van der Waals surface area contributed by atoms with Crippen LogP contribution in [-0.2, 0) is 4.79 Å². The smallest absolute Gasteiger partial charge is 0.136 e. The average Bonchev–Trinajstić information content (AvgIpc) is 1.84. The largest absolute Gasteiger partial charge is 0.386 e. The zero-order valence-corrected chi connectivity index (χ0v) is 8.13. The molecule has 0 aliphatic rings. The van der Waals surface area contributed by atoms with E-state index in [0.29, 0.717) is 12.3 Å². The van der Waals surface area contributed by atoms with Gasteiger partial charge in [0.05, 0.1) is 5.60 Å². The molecule has 0 radical (unpaired) electrons. The Hall–Kier alpha value is -0.630. The van der Waals surface area contributed by atoms with Crippen molar-refractivity contribution in [3.8, 4) is 0 Å². The fraction of sp³-hybridized carbons (Fsp3) is 0.700. The summed E-state index contributed by atoms with van der Waals surface area (Å²) in [6.07, 6.45) is 2.11. The molecule has 0 fully saturated rings. The monoisotopic (exact) mass is 170 g/mol. The molecule has 0 heterocycles. The van der Waals surface area contributed by atoms with Crippen LogP contribution in [0.25, 0.3) is 0 Å². The van der Waals surface area contributed by atoms with Gasteiger partial charge in [-0.25, -0.2) is 0 Å². The minimum atomic E-state index is -1.04. The Morgan fingerprint density at radius 3 is 2.50 bits per heavy atom. The molecule has 0 bridgehead atoms. The first kappa shape index (κ1) is 11.4. The van der Waals surface area contributed by atoms with Gasteiger partial charge in [-0.3, -0.25) is 4.79 Å². The third-order valence-electron chi connectivity index (χ3n) is 1.63. The molecule has 0 saturated heterocycles. The molecule has 0 aliphatic heterocycles. The van der Waals surface area contributed by atoms with Crippen molar-refractivity contribution in [2.75, 3.05) is 0 Å². The molecule has 0 aliphatic carbocycles. The molecule has 0 amide bonds. The van der Waals surface area contributed by atoms with Gasteiger partial charge < -0.3 is 5.11 Å². The fourth-order valence-electron chi connectivity index (χ4n) is 0.999. The molecule has 2 heteroatoms. The quantitative estimate of drug-likeness (QED) is 0.640. The second kappa shape index (κ2) is 4.41. The highest BCUT2D eigenvalue weighted by Crippen LogP contribution is 2.14. The first-order valence-corrected chi connectivity index (χ1v) is 4.25. The van der Waals surface area contributed by atoms with Crippen molar-refractivity contribution in [2.24, 2.45) is 5.92 Å². The van der Waals surface area contributed by atoms with Crippen molar-refractivity contribution in [3.63, 3.8) is 0 Å². The van der Waals surface area contributed by atoms with E-state index in [4.69, 9.17) is 0 Å². The van der Waals surface area contributed by atoms with E-state index in [9.17, 15) is 9.90 Å².